The zero-order valence-electron chi connectivity index (χ0n) is 6.70. The largest absolute Gasteiger partial charge is 0.315 e. The van der Waals surface area contributed by atoms with Gasteiger partial charge in [-0.25, -0.2) is 4.39 Å². The van der Waals surface area contributed by atoms with Crippen LogP contribution in [0.2, 0.25) is 0 Å². The molecule has 11 heavy (non-hydrogen) atoms. The first-order valence-corrected chi connectivity index (χ1v) is 4.39. The lowest BCUT2D eigenvalue weighted by Gasteiger charge is -2.18. The molecule has 1 unspecified atom stereocenters. The van der Waals surface area contributed by atoms with E-state index in [1.807, 2.05) is 0 Å². The molecule has 2 aliphatic rings. The maximum atomic E-state index is 12.4. The summed E-state index contributed by atoms with van der Waals surface area (Å²) in [6.07, 6.45) is 3.21. The molecular weight excluding hydrogens is 143 g/mol. The Bertz CT molecular complexity index is 139. The molecular formula is C8H15FN2. The van der Waals surface area contributed by atoms with Crippen molar-refractivity contribution in [1.82, 2.24) is 10.6 Å². The summed E-state index contributed by atoms with van der Waals surface area (Å²) in [5, 5.41) is 6.64. The summed E-state index contributed by atoms with van der Waals surface area (Å²) in [6.45, 7) is 1.91. The average molecular weight is 158 g/mol. The van der Waals surface area contributed by atoms with E-state index in [-0.39, 0.29) is 12.2 Å². The quantitative estimate of drug-likeness (QED) is 0.623. The van der Waals surface area contributed by atoms with Gasteiger partial charge in [0.15, 0.2) is 0 Å². The van der Waals surface area contributed by atoms with Crippen molar-refractivity contribution in [3.05, 3.63) is 0 Å². The van der Waals surface area contributed by atoms with Crippen molar-refractivity contribution in [3.8, 4) is 0 Å². The second-order valence-electron chi connectivity index (χ2n) is 3.75. The fourth-order valence-corrected chi connectivity index (χ4v) is 1.68. The number of alkyl halides is 1. The van der Waals surface area contributed by atoms with Gasteiger partial charge in [-0.15, -0.1) is 0 Å². The van der Waals surface area contributed by atoms with Crippen LogP contribution in [0.3, 0.4) is 0 Å². The Labute approximate surface area is 66.5 Å². The molecule has 0 aromatic heterocycles. The van der Waals surface area contributed by atoms with Crippen molar-refractivity contribution in [2.24, 2.45) is 0 Å². The topological polar surface area (TPSA) is 24.1 Å². The number of hydrogen-bond donors (Lipinski definition) is 2. The second-order valence-corrected chi connectivity index (χ2v) is 3.75. The zero-order chi connectivity index (χ0) is 7.73. The minimum atomic E-state index is -0.191. The molecule has 2 rings (SSSR count). The van der Waals surface area contributed by atoms with Crippen LogP contribution in [0, 0.1) is 0 Å². The number of rotatable bonds is 3. The van der Waals surface area contributed by atoms with Crippen LogP contribution in [0.5, 0.6) is 0 Å². The normalized spacial score (nSPS) is 34.1. The summed E-state index contributed by atoms with van der Waals surface area (Å²) in [7, 11) is 0. The lowest BCUT2D eigenvalue weighted by molar-refractivity contribution is 0.331. The lowest BCUT2D eigenvalue weighted by atomic mass is 10.2. The maximum absolute atomic E-state index is 12.4. The Morgan fingerprint density at radius 1 is 1.55 bits per heavy atom. The first-order chi connectivity index (χ1) is 5.35. The molecule has 0 aromatic rings. The zero-order valence-corrected chi connectivity index (χ0v) is 6.70. The lowest BCUT2D eigenvalue weighted by Crippen LogP contribution is -2.42. The van der Waals surface area contributed by atoms with Crippen LogP contribution in [-0.2, 0) is 0 Å². The summed E-state index contributed by atoms with van der Waals surface area (Å²) in [6, 6.07) is 0.522. The van der Waals surface area contributed by atoms with Gasteiger partial charge in [-0.3, -0.25) is 0 Å². The Balaban J connectivity index is 1.80. The van der Waals surface area contributed by atoms with E-state index in [0.717, 1.165) is 32.4 Å². The molecule has 3 heteroatoms. The predicted octanol–water partition coefficient (Wildman–Crippen LogP) is 0.440. The Hall–Kier alpha value is -0.150. The van der Waals surface area contributed by atoms with Crippen molar-refractivity contribution in [2.45, 2.75) is 30.8 Å². The third kappa shape index (κ3) is 1.54. The standard InChI is InChI=1S/C8H15FN2/c9-6-8(2-3-8)11-7-1-4-10-5-7/h7,10-11H,1-6H2. The van der Waals surface area contributed by atoms with E-state index in [2.05, 4.69) is 10.6 Å². The van der Waals surface area contributed by atoms with E-state index in [1.165, 1.54) is 0 Å². The minimum absolute atomic E-state index is 0.101. The molecule has 1 heterocycles. The van der Waals surface area contributed by atoms with Crippen molar-refractivity contribution in [3.63, 3.8) is 0 Å². The van der Waals surface area contributed by atoms with E-state index in [9.17, 15) is 4.39 Å². The average Bonchev–Trinajstić information content (AvgIpc) is 2.59. The first kappa shape index (κ1) is 7.50. The summed E-state index contributed by atoms with van der Waals surface area (Å²) < 4.78 is 12.4. The highest BCUT2D eigenvalue weighted by atomic mass is 19.1. The smallest absolute Gasteiger partial charge is 0.108 e. The molecule has 2 nitrogen and oxygen atoms in total. The van der Waals surface area contributed by atoms with E-state index in [4.69, 9.17) is 0 Å². The van der Waals surface area contributed by atoms with Gasteiger partial charge in [0.25, 0.3) is 0 Å². The van der Waals surface area contributed by atoms with Crippen molar-refractivity contribution < 1.29 is 4.39 Å². The van der Waals surface area contributed by atoms with E-state index in [0.29, 0.717) is 6.04 Å². The van der Waals surface area contributed by atoms with E-state index in [1.54, 1.807) is 0 Å². The van der Waals surface area contributed by atoms with Gasteiger partial charge in [0.05, 0.1) is 0 Å². The van der Waals surface area contributed by atoms with Crippen molar-refractivity contribution >= 4 is 0 Å². The molecule has 1 aliphatic carbocycles. The highest BCUT2D eigenvalue weighted by Gasteiger charge is 2.44. The van der Waals surface area contributed by atoms with E-state index >= 15 is 0 Å². The van der Waals surface area contributed by atoms with Gasteiger partial charge < -0.3 is 10.6 Å². The van der Waals surface area contributed by atoms with Crippen LogP contribution in [0.4, 0.5) is 4.39 Å². The molecule has 2 N–H and O–H groups in total. The van der Waals surface area contributed by atoms with Crippen LogP contribution in [-0.4, -0.2) is 31.3 Å². The number of halogens is 1. The third-order valence-corrected chi connectivity index (χ3v) is 2.68. The van der Waals surface area contributed by atoms with Gasteiger partial charge in [-0.2, -0.15) is 0 Å². The molecule has 1 saturated heterocycles. The minimum Gasteiger partial charge on any atom is -0.315 e. The molecule has 2 fully saturated rings. The van der Waals surface area contributed by atoms with Crippen LogP contribution in [0.25, 0.3) is 0 Å². The fraction of sp³-hybridized carbons (Fsp3) is 1.00. The molecule has 1 atom stereocenters. The second kappa shape index (κ2) is 2.72. The molecule has 0 amide bonds. The first-order valence-electron chi connectivity index (χ1n) is 4.39. The van der Waals surface area contributed by atoms with Gasteiger partial charge in [-0.1, -0.05) is 0 Å². The van der Waals surface area contributed by atoms with Crippen LogP contribution < -0.4 is 10.6 Å². The number of nitrogens with one attached hydrogen (secondary N) is 2. The Kier molecular flexibility index (Phi) is 1.85. The summed E-state index contributed by atoms with van der Waals surface area (Å²) in [5.74, 6) is 0. The summed E-state index contributed by atoms with van der Waals surface area (Å²) >= 11 is 0. The van der Waals surface area contributed by atoms with E-state index < -0.39 is 0 Å². The molecule has 1 saturated carbocycles. The molecule has 1 aliphatic heterocycles. The highest BCUT2D eigenvalue weighted by Crippen LogP contribution is 2.36. The molecule has 0 aromatic carbocycles. The van der Waals surface area contributed by atoms with Crippen LogP contribution in [0.1, 0.15) is 19.3 Å². The van der Waals surface area contributed by atoms with Crippen LogP contribution in [0.15, 0.2) is 0 Å². The van der Waals surface area contributed by atoms with Gasteiger partial charge >= 0.3 is 0 Å². The molecule has 0 radical (unpaired) electrons. The summed E-state index contributed by atoms with van der Waals surface area (Å²) in [4.78, 5) is 0. The maximum Gasteiger partial charge on any atom is 0.108 e. The monoisotopic (exact) mass is 158 g/mol. The van der Waals surface area contributed by atoms with Crippen LogP contribution >= 0.6 is 0 Å². The Morgan fingerprint density at radius 3 is 2.82 bits per heavy atom. The van der Waals surface area contributed by atoms with Gasteiger partial charge in [0.2, 0.25) is 0 Å². The molecule has 0 spiro atoms. The summed E-state index contributed by atoms with van der Waals surface area (Å²) in [5.41, 5.74) is -0.101. The molecule has 64 valence electrons. The SMILES string of the molecule is FCC1(NC2CCNC2)CC1. The highest BCUT2D eigenvalue weighted by molar-refractivity contribution is 5.04. The van der Waals surface area contributed by atoms with Gasteiger partial charge in [0.1, 0.15) is 6.67 Å². The number of hydrogen-bond acceptors (Lipinski definition) is 2. The van der Waals surface area contributed by atoms with Crippen molar-refractivity contribution in [2.75, 3.05) is 19.8 Å². The Morgan fingerprint density at radius 2 is 2.36 bits per heavy atom. The van der Waals surface area contributed by atoms with Gasteiger partial charge in [-0.05, 0) is 25.8 Å². The fourth-order valence-electron chi connectivity index (χ4n) is 1.68. The predicted molar refractivity (Wildman–Crippen MR) is 42.4 cm³/mol. The van der Waals surface area contributed by atoms with Crippen molar-refractivity contribution in [1.29, 1.82) is 0 Å². The molecule has 0 bridgehead atoms. The van der Waals surface area contributed by atoms with Gasteiger partial charge in [0, 0.05) is 18.1 Å². The third-order valence-electron chi connectivity index (χ3n) is 2.68.